The minimum Gasteiger partial charge on any atom is -0.481 e. The number of esters is 1. The third kappa shape index (κ3) is 13.0. The van der Waals surface area contributed by atoms with E-state index in [0.717, 1.165) is 31.4 Å². The minimum absolute atomic E-state index is 0.0549. The van der Waals surface area contributed by atoms with Crippen molar-refractivity contribution >= 4 is 46.7 Å². The quantitative estimate of drug-likeness (QED) is 0.0940. The van der Waals surface area contributed by atoms with E-state index < -0.39 is 41.4 Å². The number of carboxylic acid groups (broad SMARTS) is 1. The van der Waals surface area contributed by atoms with Crippen LogP contribution in [0.3, 0.4) is 0 Å². The lowest BCUT2D eigenvalue weighted by Crippen LogP contribution is -2.58. The van der Waals surface area contributed by atoms with Gasteiger partial charge in [0, 0.05) is 43.0 Å². The van der Waals surface area contributed by atoms with Crippen molar-refractivity contribution in [2.24, 2.45) is 17.3 Å². The van der Waals surface area contributed by atoms with Crippen molar-refractivity contribution in [2.75, 3.05) is 25.9 Å². The number of amides is 3. The molecule has 0 aliphatic carbocycles. The number of benzene rings is 1. The topological polar surface area (TPSA) is 184 Å². The van der Waals surface area contributed by atoms with Gasteiger partial charge in [-0.2, -0.15) is 0 Å². The van der Waals surface area contributed by atoms with Gasteiger partial charge in [-0.1, -0.05) is 59.6 Å². The Morgan fingerprint density at radius 2 is 1.76 bits per heavy atom. The first-order valence-corrected chi connectivity index (χ1v) is 20.6. The Morgan fingerprint density at radius 3 is 2.33 bits per heavy atom. The second-order valence-corrected chi connectivity index (χ2v) is 17.0. The van der Waals surface area contributed by atoms with E-state index in [0.29, 0.717) is 36.5 Å². The molecule has 1 aliphatic rings. The van der Waals surface area contributed by atoms with Crippen LogP contribution in [0.1, 0.15) is 127 Å². The van der Waals surface area contributed by atoms with Crippen molar-refractivity contribution in [1.82, 2.24) is 25.4 Å². The second kappa shape index (κ2) is 20.8. The maximum atomic E-state index is 14.6. The minimum atomic E-state index is -1.12. The van der Waals surface area contributed by atoms with E-state index in [4.69, 9.17) is 10.5 Å². The number of piperidine rings is 1. The Morgan fingerprint density at radius 1 is 1.09 bits per heavy atom. The Kier molecular flexibility index (Phi) is 17.1. The molecule has 0 saturated carbocycles. The summed E-state index contributed by atoms with van der Waals surface area (Å²) in [5.41, 5.74) is 6.34. The lowest BCUT2D eigenvalue weighted by molar-refractivity contribution is -0.150. The van der Waals surface area contributed by atoms with Crippen LogP contribution >= 0.6 is 11.3 Å². The number of carbonyl (C=O) groups excluding carboxylic acids is 4. The van der Waals surface area contributed by atoms with E-state index in [1.54, 1.807) is 31.4 Å². The van der Waals surface area contributed by atoms with Gasteiger partial charge in [0.05, 0.1) is 11.5 Å². The number of likely N-dealkylation sites (N-methyl/N-ethyl adjacent to an activating group) is 1. The maximum absolute atomic E-state index is 14.6. The molecule has 0 spiro atoms. The van der Waals surface area contributed by atoms with Crippen LogP contribution < -0.4 is 16.4 Å². The highest BCUT2D eigenvalue weighted by Crippen LogP contribution is 2.32. The molecule has 13 nitrogen and oxygen atoms in total. The van der Waals surface area contributed by atoms with Crippen LogP contribution in [-0.4, -0.2) is 93.9 Å². The molecule has 3 amide bonds. The molecular weight excluding hydrogens is 721 g/mol. The van der Waals surface area contributed by atoms with Crippen LogP contribution in [0.25, 0.3) is 0 Å². The normalized spacial score (nSPS) is 17.7. The lowest BCUT2D eigenvalue weighted by Gasteiger charge is -2.40. The van der Waals surface area contributed by atoms with Crippen molar-refractivity contribution < 1.29 is 33.8 Å². The van der Waals surface area contributed by atoms with E-state index in [2.05, 4.69) is 20.5 Å². The summed E-state index contributed by atoms with van der Waals surface area (Å²) in [6.07, 6.45) is 4.05. The SMILES string of the molecule is CCCN(C(=O)[C@@H](NC(=O)[C@H]1CCCCN1C)[C@@H](C)CC)[C@H](C[C@@H](OC(C)=O)c1nc(C(=O)N[C@@H](Cc2ccc(N)cc2)CC(C)(C)C(=O)O)cs1)C(C)C. The standard InChI is InChI=1S/C41H64N6O7S/c1-10-19-47(39(51)35(26(5)11-2)45-37(50)32-14-12-13-20-46(32)9)33(25(3)4)22-34(54-27(6)48)38-44-31(24-55-38)36(49)43-30(23-41(7,8)40(52)53)21-28-15-17-29(42)18-16-28/h15-18,24-26,30,32-35H,10-14,19-23,42H2,1-9H3,(H,43,49)(H,45,50)(H,52,53)/t26-,30-,32+,33+,34+,35-/m0/s1. The summed E-state index contributed by atoms with van der Waals surface area (Å²) in [5, 5.41) is 18.0. The van der Waals surface area contributed by atoms with E-state index in [1.807, 2.05) is 58.7 Å². The largest absolute Gasteiger partial charge is 0.481 e. The summed E-state index contributed by atoms with van der Waals surface area (Å²) in [6.45, 7) is 15.8. The highest BCUT2D eigenvalue weighted by Gasteiger charge is 2.39. The second-order valence-electron chi connectivity index (χ2n) is 16.1. The van der Waals surface area contributed by atoms with Gasteiger partial charge in [0.15, 0.2) is 6.10 Å². The molecule has 55 heavy (non-hydrogen) atoms. The molecule has 3 rings (SSSR count). The van der Waals surface area contributed by atoms with Crippen LogP contribution in [0.5, 0.6) is 0 Å². The van der Waals surface area contributed by atoms with Crippen LogP contribution in [-0.2, 0) is 30.3 Å². The fourth-order valence-electron chi connectivity index (χ4n) is 7.19. The van der Waals surface area contributed by atoms with E-state index in [-0.39, 0.29) is 54.3 Å². The van der Waals surface area contributed by atoms with Gasteiger partial charge in [0.25, 0.3) is 5.91 Å². The summed E-state index contributed by atoms with van der Waals surface area (Å²) in [6, 6.07) is 5.28. The summed E-state index contributed by atoms with van der Waals surface area (Å²) in [5.74, 6) is -2.46. The average Bonchev–Trinajstić information content (AvgIpc) is 3.62. The number of rotatable bonds is 20. The predicted octanol–water partition coefficient (Wildman–Crippen LogP) is 5.84. The van der Waals surface area contributed by atoms with Gasteiger partial charge in [0.2, 0.25) is 11.8 Å². The first-order valence-electron chi connectivity index (χ1n) is 19.7. The maximum Gasteiger partial charge on any atom is 0.309 e. The number of carbonyl (C=O) groups is 5. The number of aromatic nitrogens is 1. The number of hydrogen-bond acceptors (Lipinski definition) is 10. The third-order valence-electron chi connectivity index (χ3n) is 10.7. The van der Waals surface area contributed by atoms with Gasteiger partial charge in [-0.25, -0.2) is 4.98 Å². The molecule has 0 unspecified atom stereocenters. The van der Waals surface area contributed by atoms with Gasteiger partial charge in [-0.15, -0.1) is 11.3 Å². The predicted molar refractivity (Wildman–Crippen MR) is 215 cm³/mol. The zero-order chi connectivity index (χ0) is 41.0. The number of hydrogen-bond donors (Lipinski definition) is 4. The molecular formula is C41H64N6O7S. The van der Waals surface area contributed by atoms with Crippen LogP contribution in [0.2, 0.25) is 0 Å². The number of nitrogen functional groups attached to an aromatic ring is 1. The summed E-state index contributed by atoms with van der Waals surface area (Å²) < 4.78 is 5.85. The molecule has 2 heterocycles. The number of aliphatic carboxylic acids is 1. The first-order chi connectivity index (χ1) is 25.9. The summed E-state index contributed by atoms with van der Waals surface area (Å²) >= 11 is 1.18. The summed E-state index contributed by atoms with van der Waals surface area (Å²) in [4.78, 5) is 74.9. The number of carboxylic acids is 1. The number of thiazole rings is 1. The molecule has 5 N–H and O–H groups in total. The van der Waals surface area contributed by atoms with Crippen molar-refractivity contribution in [3.8, 4) is 0 Å². The van der Waals surface area contributed by atoms with Crippen molar-refractivity contribution in [3.05, 3.63) is 45.9 Å². The number of anilines is 1. The van der Waals surface area contributed by atoms with Gasteiger partial charge in [-0.05, 0) is 89.1 Å². The fourth-order valence-corrected chi connectivity index (χ4v) is 8.03. The Bertz CT molecular complexity index is 1600. The molecule has 14 heteroatoms. The number of nitrogens with two attached hydrogens (primary N) is 1. The van der Waals surface area contributed by atoms with Crippen molar-refractivity contribution in [3.63, 3.8) is 0 Å². The van der Waals surface area contributed by atoms with Gasteiger partial charge in [-0.3, -0.25) is 28.9 Å². The van der Waals surface area contributed by atoms with Gasteiger partial charge < -0.3 is 31.1 Å². The highest BCUT2D eigenvalue weighted by atomic mass is 32.1. The number of nitrogens with zero attached hydrogens (tertiary/aromatic N) is 3. The van der Waals surface area contributed by atoms with Crippen molar-refractivity contribution in [1.29, 1.82) is 0 Å². The van der Waals surface area contributed by atoms with Crippen LogP contribution in [0.15, 0.2) is 29.6 Å². The van der Waals surface area contributed by atoms with Crippen molar-refractivity contribution in [2.45, 2.75) is 137 Å². The zero-order valence-corrected chi connectivity index (χ0v) is 35.0. The van der Waals surface area contributed by atoms with E-state index in [1.165, 1.54) is 18.3 Å². The van der Waals surface area contributed by atoms with Gasteiger partial charge in [0.1, 0.15) is 16.7 Å². The molecule has 1 aromatic carbocycles. The summed E-state index contributed by atoms with van der Waals surface area (Å²) in [7, 11) is 1.95. The monoisotopic (exact) mass is 784 g/mol. The van der Waals surface area contributed by atoms with E-state index in [9.17, 15) is 29.1 Å². The zero-order valence-electron chi connectivity index (χ0n) is 34.2. The molecule has 6 atom stereocenters. The molecule has 0 bridgehead atoms. The Labute approximate surface area is 331 Å². The Balaban J connectivity index is 1.89. The molecule has 1 aromatic heterocycles. The molecule has 1 aliphatic heterocycles. The lowest BCUT2D eigenvalue weighted by atomic mass is 9.84. The number of likely N-dealkylation sites (tertiary alicyclic amines) is 1. The number of ether oxygens (including phenoxy) is 1. The molecule has 0 radical (unpaired) electrons. The van der Waals surface area contributed by atoms with E-state index >= 15 is 0 Å². The highest BCUT2D eigenvalue weighted by molar-refractivity contribution is 7.09. The fraction of sp³-hybridized carbons (Fsp3) is 0.659. The van der Waals surface area contributed by atoms with Crippen LogP contribution in [0.4, 0.5) is 5.69 Å². The third-order valence-corrected chi connectivity index (χ3v) is 11.6. The smallest absolute Gasteiger partial charge is 0.309 e. The molecule has 1 saturated heterocycles. The Hall–Kier alpha value is -4.04. The first kappa shape index (κ1) is 45.4. The number of nitrogens with one attached hydrogen (secondary N) is 2. The van der Waals surface area contributed by atoms with Gasteiger partial charge >= 0.3 is 11.9 Å². The van der Waals surface area contributed by atoms with Crippen LogP contribution in [0, 0.1) is 17.3 Å². The average molecular weight is 785 g/mol. The molecule has 1 fully saturated rings. The molecule has 306 valence electrons. The molecule has 2 aromatic rings.